The van der Waals surface area contributed by atoms with E-state index in [1.54, 1.807) is 0 Å². The molecular formula is C15H16ClF3N2O3S2. The Morgan fingerprint density at radius 2 is 2.04 bits per heavy atom. The van der Waals surface area contributed by atoms with E-state index in [1.807, 2.05) is 0 Å². The molecule has 0 spiro atoms. The first-order valence-corrected chi connectivity index (χ1v) is 10.8. The number of amides is 1. The highest BCUT2D eigenvalue weighted by Gasteiger charge is 2.42. The van der Waals surface area contributed by atoms with Crippen molar-refractivity contribution in [3.63, 3.8) is 0 Å². The van der Waals surface area contributed by atoms with E-state index in [2.05, 4.69) is 5.32 Å². The maximum Gasteiger partial charge on any atom is 0.417 e. The predicted molar refractivity (Wildman–Crippen MR) is 92.3 cm³/mol. The number of benzene rings is 1. The molecule has 1 aromatic rings. The first-order chi connectivity index (χ1) is 12.1. The molecular weight excluding hydrogens is 413 g/mol. The number of hydrogen-bond acceptors (Lipinski definition) is 4. The summed E-state index contributed by atoms with van der Waals surface area (Å²) < 4.78 is 65.6. The second-order valence-corrected chi connectivity index (χ2v) is 9.53. The van der Waals surface area contributed by atoms with E-state index in [9.17, 15) is 26.4 Å². The lowest BCUT2D eigenvalue weighted by molar-refractivity contribution is -0.137. The van der Waals surface area contributed by atoms with Gasteiger partial charge in [-0.15, -0.1) is 11.8 Å². The van der Waals surface area contributed by atoms with Crippen LogP contribution in [0.1, 0.15) is 18.4 Å². The standard InChI is InChI=1S/C15H16ClF3N2O3S2/c16-12-4-3-10(5-11(12)15(17,18)19)26(23,24)21-8-25-7-13(21)14(22)20-6-9-1-2-9/h3-5,9,13H,1-2,6-8H2,(H,20,22). The van der Waals surface area contributed by atoms with Crippen molar-refractivity contribution >= 4 is 39.3 Å². The summed E-state index contributed by atoms with van der Waals surface area (Å²) in [5.74, 6) is 0.280. The molecule has 1 heterocycles. The van der Waals surface area contributed by atoms with E-state index < -0.39 is 43.6 Å². The van der Waals surface area contributed by atoms with Crippen molar-refractivity contribution < 1.29 is 26.4 Å². The largest absolute Gasteiger partial charge is 0.417 e. The van der Waals surface area contributed by atoms with Gasteiger partial charge >= 0.3 is 6.18 Å². The molecule has 1 aromatic carbocycles. The zero-order valence-corrected chi connectivity index (χ0v) is 15.8. The van der Waals surface area contributed by atoms with Gasteiger partial charge in [0.1, 0.15) is 6.04 Å². The van der Waals surface area contributed by atoms with Crippen LogP contribution in [-0.2, 0) is 21.0 Å². The molecule has 11 heteroatoms. The Labute approximate surface area is 158 Å². The van der Waals surface area contributed by atoms with Gasteiger partial charge in [-0.25, -0.2) is 8.42 Å². The van der Waals surface area contributed by atoms with Gasteiger partial charge in [-0.2, -0.15) is 17.5 Å². The van der Waals surface area contributed by atoms with Crippen LogP contribution in [0.2, 0.25) is 5.02 Å². The zero-order valence-electron chi connectivity index (χ0n) is 13.4. The summed E-state index contributed by atoms with van der Waals surface area (Å²) in [6.07, 6.45) is -2.71. The predicted octanol–water partition coefficient (Wildman–Crippen LogP) is 2.95. The van der Waals surface area contributed by atoms with Crippen molar-refractivity contribution in [3.8, 4) is 0 Å². The molecule has 5 nitrogen and oxygen atoms in total. The number of alkyl halides is 3. The van der Waals surface area contributed by atoms with E-state index in [-0.39, 0.29) is 11.6 Å². The Morgan fingerprint density at radius 3 is 2.65 bits per heavy atom. The number of carbonyl (C=O) groups is 1. The molecule has 2 aliphatic rings. The summed E-state index contributed by atoms with van der Waals surface area (Å²) in [4.78, 5) is 11.8. The van der Waals surface area contributed by atoms with Gasteiger partial charge < -0.3 is 5.32 Å². The maximum atomic E-state index is 13.0. The highest BCUT2D eigenvalue weighted by molar-refractivity contribution is 8.00. The van der Waals surface area contributed by atoms with E-state index in [0.29, 0.717) is 18.5 Å². The Morgan fingerprint density at radius 1 is 1.35 bits per heavy atom. The number of nitrogens with zero attached hydrogens (tertiary/aromatic N) is 1. The monoisotopic (exact) mass is 428 g/mol. The molecule has 144 valence electrons. The number of carbonyl (C=O) groups excluding carboxylic acids is 1. The first kappa shape index (κ1) is 19.8. The summed E-state index contributed by atoms with van der Waals surface area (Å²) >= 11 is 6.79. The van der Waals surface area contributed by atoms with Gasteiger partial charge in [0.05, 0.1) is 21.4 Å². The van der Waals surface area contributed by atoms with Crippen LogP contribution in [0.3, 0.4) is 0 Å². The van der Waals surface area contributed by atoms with E-state index >= 15 is 0 Å². The molecule has 26 heavy (non-hydrogen) atoms. The molecule has 1 saturated heterocycles. The second-order valence-electron chi connectivity index (χ2n) is 6.24. The average molecular weight is 429 g/mol. The Bertz CT molecular complexity index is 813. The van der Waals surface area contributed by atoms with Crippen LogP contribution in [0.4, 0.5) is 13.2 Å². The SMILES string of the molecule is O=C(NCC1CC1)C1CSCN1S(=O)(=O)c1ccc(Cl)c(C(F)(F)F)c1. The minimum atomic E-state index is -4.77. The van der Waals surface area contributed by atoms with Gasteiger partial charge in [0, 0.05) is 12.3 Å². The van der Waals surface area contributed by atoms with Gasteiger partial charge in [-0.3, -0.25) is 4.79 Å². The normalized spacial score (nSPS) is 21.8. The fourth-order valence-corrected chi connectivity index (χ4v) is 5.97. The minimum absolute atomic E-state index is 0.00776. The smallest absolute Gasteiger partial charge is 0.354 e. The van der Waals surface area contributed by atoms with Crippen LogP contribution < -0.4 is 5.32 Å². The molecule has 0 bridgehead atoms. The van der Waals surface area contributed by atoms with Gasteiger partial charge in [0.2, 0.25) is 15.9 Å². The van der Waals surface area contributed by atoms with Gasteiger partial charge in [-0.05, 0) is 37.0 Å². The van der Waals surface area contributed by atoms with Crippen LogP contribution >= 0.6 is 23.4 Å². The van der Waals surface area contributed by atoms with Gasteiger partial charge in [0.25, 0.3) is 0 Å². The van der Waals surface area contributed by atoms with Crippen molar-refractivity contribution in [1.82, 2.24) is 9.62 Å². The second kappa shape index (κ2) is 7.21. The van der Waals surface area contributed by atoms with Crippen LogP contribution in [0.5, 0.6) is 0 Å². The fraction of sp³-hybridized carbons (Fsp3) is 0.533. The molecule has 1 aliphatic carbocycles. The van der Waals surface area contributed by atoms with Crippen LogP contribution in [-0.4, -0.2) is 42.8 Å². The molecule has 1 amide bonds. The van der Waals surface area contributed by atoms with E-state index in [1.165, 1.54) is 11.8 Å². The lowest BCUT2D eigenvalue weighted by Gasteiger charge is -2.23. The zero-order chi connectivity index (χ0) is 19.1. The van der Waals surface area contributed by atoms with Crippen molar-refractivity contribution in [1.29, 1.82) is 0 Å². The molecule has 0 aromatic heterocycles. The molecule has 3 rings (SSSR count). The van der Waals surface area contributed by atoms with Gasteiger partial charge in [-0.1, -0.05) is 11.6 Å². The Kier molecular flexibility index (Phi) is 5.49. The van der Waals surface area contributed by atoms with E-state index in [0.717, 1.165) is 29.3 Å². The summed E-state index contributed by atoms with van der Waals surface area (Å²) in [6, 6.07) is 1.51. The molecule has 1 unspecified atom stereocenters. The summed E-state index contributed by atoms with van der Waals surface area (Å²) in [6.45, 7) is 0.493. The van der Waals surface area contributed by atoms with Crippen molar-refractivity contribution in [2.45, 2.75) is 30.0 Å². The van der Waals surface area contributed by atoms with E-state index in [4.69, 9.17) is 11.6 Å². The maximum absolute atomic E-state index is 13.0. The summed E-state index contributed by atoms with van der Waals surface area (Å²) in [5, 5.41) is 2.15. The van der Waals surface area contributed by atoms with Crippen LogP contribution in [0, 0.1) is 5.92 Å². The first-order valence-electron chi connectivity index (χ1n) is 7.85. The minimum Gasteiger partial charge on any atom is -0.354 e. The number of thioether (sulfide) groups is 1. The number of rotatable bonds is 5. The average Bonchev–Trinajstić information content (AvgIpc) is 3.24. The third-order valence-corrected chi connectivity index (χ3v) is 7.61. The fourth-order valence-electron chi connectivity index (χ4n) is 2.57. The van der Waals surface area contributed by atoms with Crippen LogP contribution in [0.15, 0.2) is 23.1 Å². The number of nitrogens with one attached hydrogen (secondary N) is 1. The van der Waals surface area contributed by atoms with Crippen molar-refractivity contribution in [2.24, 2.45) is 5.92 Å². The Hall–Kier alpha value is -0.970. The number of sulfonamides is 1. The molecule has 1 saturated carbocycles. The third-order valence-electron chi connectivity index (χ3n) is 4.26. The highest BCUT2D eigenvalue weighted by Crippen LogP contribution is 2.37. The Balaban J connectivity index is 1.85. The molecule has 2 fully saturated rings. The van der Waals surface area contributed by atoms with Crippen molar-refractivity contribution in [2.75, 3.05) is 18.2 Å². The number of hydrogen-bond donors (Lipinski definition) is 1. The van der Waals surface area contributed by atoms with Gasteiger partial charge in [0.15, 0.2) is 0 Å². The topological polar surface area (TPSA) is 66.5 Å². The molecule has 1 aliphatic heterocycles. The quantitative estimate of drug-likeness (QED) is 0.783. The summed E-state index contributed by atoms with van der Waals surface area (Å²) in [5.41, 5.74) is -1.22. The van der Waals surface area contributed by atoms with Crippen molar-refractivity contribution in [3.05, 3.63) is 28.8 Å². The molecule has 1 atom stereocenters. The third kappa shape index (κ3) is 4.13. The number of halogens is 4. The molecule has 0 radical (unpaired) electrons. The highest BCUT2D eigenvalue weighted by atomic mass is 35.5. The molecule has 1 N–H and O–H groups in total. The summed E-state index contributed by atoms with van der Waals surface area (Å²) in [7, 11) is -4.26. The van der Waals surface area contributed by atoms with Crippen LogP contribution in [0.25, 0.3) is 0 Å². The lowest BCUT2D eigenvalue weighted by atomic mass is 10.2. The lowest BCUT2D eigenvalue weighted by Crippen LogP contribution is -2.47.